The van der Waals surface area contributed by atoms with Gasteiger partial charge in [0.25, 0.3) is 0 Å². The van der Waals surface area contributed by atoms with E-state index in [0.29, 0.717) is 0 Å². The van der Waals surface area contributed by atoms with Crippen molar-refractivity contribution in [3.63, 3.8) is 0 Å². The van der Waals surface area contributed by atoms with Crippen LogP contribution in [0.3, 0.4) is 0 Å². The Hall–Kier alpha value is -2.75. The average molecular weight is 303 g/mol. The molecule has 1 N–H and O–H groups in total. The number of hydrogen-bond donors (Lipinski definition) is 1. The summed E-state index contributed by atoms with van der Waals surface area (Å²) < 4.78 is 0. The van der Waals surface area contributed by atoms with Gasteiger partial charge >= 0.3 is 0 Å². The Morgan fingerprint density at radius 3 is 2.91 bits per heavy atom. The Morgan fingerprint density at radius 1 is 1.17 bits per heavy atom. The minimum Gasteiger partial charge on any atom is -0.325 e. The van der Waals surface area contributed by atoms with Gasteiger partial charge in [0, 0.05) is 10.9 Å². The number of hydrogen-bond acceptors (Lipinski definition) is 3. The van der Waals surface area contributed by atoms with Gasteiger partial charge in [-0.25, -0.2) is 9.97 Å². The summed E-state index contributed by atoms with van der Waals surface area (Å²) in [7, 11) is 0. The third-order valence-electron chi connectivity index (χ3n) is 4.41. The van der Waals surface area contributed by atoms with Crippen molar-refractivity contribution < 1.29 is 4.79 Å². The molecule has 0 saturated carbocycles. The quantitative estimate of drug-likeness (QED) is 0.874. The van der Waals surface area contributed by atoms with Crippen molar-refractivity contribution in [2.45, 2.75) is 26.2 Å². The summed E-state index contributed by atoms with van der Waals surface area (Å²) in [6.07, 6.45) is 8.60. The largest absolute Gasteiger partial charge is 0.325 e. The number of aromatic nitrogens is 2. The van der Waals surface area contributed by atoms with Crippen LogP contribution in [-0.4, -0.2) is 15.9 Å². The Labute approximate surface area is 134 Å². The number of rotatable bonds is 1. The molecule has 0 spiro atoms. The fraction of sp³-hybridized carbons (Fsp3) is 0.211. The summed E-state index contributed by atoms with van der Waals surface area (Å²) in [6, 6.07) is 6.04. The van der Waals surface area contributed by atoms with Crippen LogP contribution < -0.4 is 15.9 Å². The third kappa shape index (κ3) is 2.27. The Balaban J connectivity index is 1.96. The molecule has 0 fully saturated rings. The summed E-state index contributed by atoms with van der Waals surface area (Å²) in [4.78, 5) is 21.4. The number of nitrogens with zero attached hydrogens (tertiary/aromatic N) is 2. The Morgan fingerprint density at radius 2 is 2.04 bits per heavy atom. The summed E-state index contributed by atoms with van der Waals surface area (Å²) in [6.45, 7) is 4.13. The van der Waals surface area contributed by atoms with Gasteiger partial charge in [-0.2, -0.15) is 0 Å². The number of anilines is 1. The standard InChI is InChI=1S/C19H17N3O/c1-11-3-6-13-15(7-4-11)20-10-21-18(13)17-14-9-12(2)5-8-16(14)22-19(17)23/h4-10,17H,3H2,1-2H3,(H,22,23). The van der Waals surface area contributed by atoms with E-state index in [-0.39, 0.29) is 11.8 Å². The number of amides is 1. The van der Waals surface area contributed by atoms with Gasteiger partial charge in [0.1, 0.15) is 12.2 Å². The van der Waals surface area contributed by atoms with Gasteiger partial charge in [-0.1, -0.05) is 35.4 Å². The summed E-state index contributed by atoms with van der Waals surface area (Å²) >= 11 is 0. The van der Waals surface area contributed by atoms with Crippen LogP contribution in [0.1, 0.15) is 36.1 Å². The first-order valence-electron chi connectivity index (χ1n) is 7.73. The topological polar surface area (TPSA) is 54.9 Å². The fourth-order valence-electron chi connectivity index (χ4n) is 3.20. The van der Waals surface area contributed by atoms with Gasteiger partial charge in [0.15, 0.2) is 0 Å². The highest BCUT2D eigenvalue weighted by molar-refractivity contribution is 6.04. The fourth-order valence-corrected chi connectivity index (χ4v) is 3.20. The molecular weight excluding hydrogens is 286 g/mol. The van der Waals surface area contributed by atoms with Crippen molar-refractivity contribution >= 4 is 23.7 Å². The van der Waals surface area contributed by atoms with Crippen molar-refractivity contribution in [1.29, 1.82) is 0 Å². The maximum atomic E-state index is 12.6. The molecule has 4 heteroatoms. The van der Waals surface area contributed by atoms with Gasteiger partial charge in [-0.15, -0.1) is 0 Å². The third-order valence-corrected chi connectivity index (χ3v) is 4.41. The van der Waals surface area contributed by atoms with Crippen molar-refractivity contribution in [2.24, 2.45) is 0 Å². The van der Waals surface area contributed by atoms with Gasteiger partial charge in [0.2, 0.25) is 5.91 Å². The molecule has 1 aliphatic heterocycles. The van der Waals surface area contributed by atoms with Crippen LogP contribution in [0.4, 0.5) is 5.69 Å². The zero-order valence-electron chi connectivity index (χ0n) is 13.1. The lowest BCUT2D eigenvalue weighted by atomic mass is 9.94. The SMILES string of the molecule is CC1=CC=c2ncnc(C3C(=O)Nc4ccc(C)cc43)c2=CC1. The second-order valence-electron chi connectivity index (χ2n) is 6.16. The first-order chi connectivity index (χ1) is 11.1. The van der Waals surface area contributed by atoms with E-state index in [1.807, 2.05) is 25.1 Å². The summed E-state index contributed by atoms with van der Waals surface area (Å²) in [5, 5.41) is 4.81. The predicted molar refractivity (Wildman–Crippen MR) is 90.2 cm³/mol. The highest BCUT2D eigenvalue weighted by Crippen LogP contribution is 2.35. The number of allylic oxidation sites excluding steroid dienone is 2. The molecule has 1 aliphatic carbocycles. The first-order valence-corrected chi connectivity index (χ1v) is 7.73. The number of benzene rings is 1. The maximum Gasteiger partial charge on any atom is 0.238 e. The minimum atomic E-state index is -0.371. The van der Waals surface area contributed by atoms with E-state index >= 15 is 0 Å². The number of nitrogens with one attached hydrogen (secondary N) is 1. The molecule has 2 aliphatic rings. The first kappa shape index (κ1) is 13.9. The molecule has 23 heavy (non-hydrogen) atoms. The van der Waals surface area contributed by atoms with Gasteiger partial charge in [-0.3, -0.25) is 4.79 Å². The smallest absolute Gasteiger partial charge is 0.238 e. The molecule has 0 saturated heterocycles. The van der Waals surface area contributed by atoms with E-state index in [9.17, 15) is 4.79 Å². The Bertz CT molecular complexity index is 973. The van der Waals surface area contributed by atoms with Crippen LogP contribution in [0.25, 0.3) is 12.2 Å². The van der Waals surface area contributed by atoms with Crippen LogP contribution in [0.2, 0.25) is 0 Å². The molecule has 1 atom stereocenters. The molecule has 1 amide bonds. The van der Waals surface area contributed by atoms with Crippen LogP contribution in [0, 0.1) is 6.92 Å². The summed E-state index contributed by atoms with van der Waals surface area (Å²) in [5.74, 6) is -0.390. The van der Waals surface area contributed by atoms with E-state index in [0.717, 1.165) is 39.5 Å². The molecule has 4 nitrogen and oxygen atoms in total. The van der Waals surface area contributed by atoms with E-state index < -0.39 is 0 Å². The van der Waals surface area contributed by atoms with E-state index in [1.165, 1.54) is 5.57 Å². The second-order valence-corrected chi connectivity index (χ2v) is 6.16. The lowest BCUT2D eigenvalue weighted by Crippen LogP contribution is -2.35. The van der Waals surface area contributed by atoms with Gasteiger partial charge in [0.05, 0.1) is 11.0 Å². The van der Waals surface area contributed by atoms with Gasteiger partial charge < -0.3 is 5.32 Å². The van der Waals surface area contributed by atoms with Crippen LogP contribution >= 0.6 is 0 Å². The van der Waals surface area contributed by atoms with E-state index in [2.05, 4.69) is 40.4 Å². The molecule has 114 valence electrons. The molecule has 1 aromatic heterocycles. The zero-order chi connectivity index (χ0) is 16.0. The minimum absolute atomic E-state index is 0.0196. The molecule has 0 bridgehead atoms. The molecule has 2 aromatic rings. The maximum absolute atomic E-state index is 12.6. The predicted octanol–water partition coefficient (Wildman–Crippen LogP) is 1.78. The number of carbonyl (C=O) groups excluding carboxylic acids is 1. The van der Waals surface area contributed by atoms with Crippen molar-refractivity contribution in [1.82, 2.24) is 9.97 Å². The summed E-state index contributed by atoms with van der Waals surface area (Å²) in [5.41, 5.74) is 5.07. The number of fused-ring (bicyclic) bond motifs is 2. The molecule has 0 radical (unpaired) electrons. The van der Waals surface area contributed by atoms with E-state index in [4.69, 9.17) is 0 Å². The number of carbonyl (C=O) groups is 1. The highest BCUT2D eigenvalue weighted by atomic mass is 16.2. The monoisotopic (exact) mass is 303 g/mol. The van der Waals surface area contributed by atoms with Gasteiger partial charge in [-0.05, 0) is 38.0 Å². The second kappa shape index (κ2) is 5.16. The lowest BCUT2D eigenvalue weighted by Gasteiger charge is -2.10. The Kier molecular flexibility index (Phi) is 3.11. The zero-order valence-corrected chi connectivity index (χ0v) is 13.1. The molecule has 1 aromatic carbocycles. The molecule has 4 rings (SSSR count). The van der Waals surface area contributed by atoms with Crippen molar-refractivity contribution in [3.05, 3.63) is 63.6 Å². The van der Waals surface area contributed by atoms with Crippen molar-refractivity contribution in [3.8, 4) is 0 Å². The van der Waals surface area contributed by atoms with Crippen LogP contribution in [-0.2, 0) is 4.79 Å². The highest BCUT2D eigenvalue weighted by Gasteiger charge is 2.33. The van der Waals surface area contributed by atoms with Crippen molar-refractivity contribution in [2.75, 3.05) is 5.32 Å². The van der Waals surface area contributed by atoms with Crippen LogP contribution in [0.5, 0.6) is 0 Å². The molecular formula is C19H17N3O. The molecule has 1 unspecified atom stereocenters. The number of aryl methyl sites for hydroxylation is 1. The lowest BCUT2D eigenvalue weighted by molar-refractivity contribution is -0.116. The molecule has 2 heterocycles. The average Bonchev–Trinajstić information content (AvgIpc) is 2.72. The normalized spacial score (nSPS) is 18.8. The van der Waals surface area contributed by atoms with Crippen LogP contribution in [0.15, 0.2) is 36.2 Å². The van der Waals surface area contributed by atoms with E-state index in [1.54, 1.807) is 6.33 Å².